The Balaban J connectivity index is 0.00000192. The maximum Gasteiger partial charge on any atom is 0.227 e. The summed E-state index contributed by atoms with van der Waals surface area (Å²) in [6.07, 6.45) is 6.96. The van der Waals surface area contributed by atoms with E-state index in [-0.39, 0.29) is 24.2 Å². The summed E-state index contributed by atoms with van der Waals surface area (Å²) in [6, 6.07) is 5.91. The molecule has 0 spiro atoms. The predicted molar refractivity (Wildman–Crippen MR) is 94.6 cm³/mol. The molecule has 0 bridgehead atoms. The number of amides is 1. The number of imidazole rings is 1. The van der Waals surface area contributed by atoms with Crippen molar-refractivity contribution in [1.82, 2.24) is 14.9 Å². The molecule has 7 heteroatoms. The van der Waals surface area contributed by atoms with E-state index in [4.69, 9.17) is 11.6 Å². The van der Waals surface area contributed by atoms with E-state index < -0.39 is 0 Å². The Bertz CT molecular complexity index is 660. The molecule has 2 heterocycles. The highest BCUT2D eigenvalue weighted by atomic mass is 35.5. The van der Waals surface area contributed by atoms with E-state index in [0.29, 0.717) is 11.1 Å². The molecule has 1 aromatic heterocycles. The highest BCUT2D eigenvalue weighted by molar-refractivity contribution is 6.32. The summed E-state index contributed by atoms with van der Waals surface area (Å²) in [6.45, 7) is 3.00. The first-order valence-corrected chi connectivity index (χ1v) is 7.83. The Labute approximate surface area is 146 Å². The summed E-state index contributed by atoms with van der Waals surface area (Å²) < 4.78 is 1.84. The molecule has 2 atom stereocenters. The van der Waals surface area contributed by atoms with Crippen LogP contribution in [0.15, 0.2) is 36.9 Å². The first-order valence-electron chi connectivity index (χ1n) is 7.45. The third-order valence-electron chi connectivity index (χ3n) is 3.99. The average Bonchev–Trinajstić information content (AvgIpc) is 3.01. The van der Waals surface area contributed by atoms with Gasteiger partial charge in [0.1, 0.15) is 0 Å². The van der Waals surface area contributed by atoms with E-state index in [0.717, 1.165) is 30.8 Å². The van der Waals surface area contributed by atoms with Crippen LogP contribution in [-0.4, -0.2) is 28.0 Å². The van der Waals surface area contributed by atoms with Gasteiger partial charge in [0, 0.05) is 30.0 Å². The molecule has 3 rings (SSSR count). The normalized spacial score (nSPS) is 20.6. The zero-order valence-electron chi connectivity index (χ0n) is 12.8. The second-order valence-electron chi connectivity index (χ2n) is 5.70. The molecule has 1 aliphatic rings. The molecule has 0 aliphatic carbocycles. The topological polar surface area (TPSA) is 59.0 Å². The predicted octanol–water partition coefficient (Wildman–Crippen LogP) is 3.27. The summed E-state index contributed by atoms with van der Waals surface area (Å²) >= 11 is 6.30. The van der Waals surface area contributed by atoms with E-state index >= 15 is 0 Å². The molecule has 1 aliphatic heterocycles. The second kappa shape index (κ2) is 7.81. The van der Waals surface area contributed by atoms with Crippen LogP contribution >= 0.6 is 24.0 Å². The van der Waals surface area contributed by atoms with Crippen LogP contribution in [-0.2, 0) is 4.79 Å². The number of carbonyl (C=O) groups excluding carboxylic acids is 1. The highest BCUT2D eigenvalue weighted by Crippen LogP contribution is 2.25. The van der Waals surface area contributed by atoms with Gasteiger partial charge in [-0.3, -0.25) is 4.79 Å². The van der Waals surface area contributed by atoms with Crippen molar-refractivity contribution < 1.29 is 4.79 Å². The lowest BCUT2D eigenvalue weighted by Gasteiger charge is -2.27. The number of hydrogen-bond acceptors (Lipinski definition) is 3. The zero-order valence-corrected chi connectivity index (χ0v) is 14.4. The van der Waals surface area contributed by atoms with Crippen molar-refractivity contribution in [2.45, 2.75) is 25.8 Å². The van der Waals surface area contributed by atoms with E-state index in [9.17, 15) is 4.79 Å². The SMILES string of the molecule is C[C@H]1C[C@@H](C(=O)Nc2ccc(-n3ccnc3)c(Cl)c2)CCN1.Cl. The Kier molecular flexibility index (Phi) is 6.04. The van der Waals surface area contributed by atoms with Crippen LogP contribution in [0.5, 0.6) is 0 Å². The van der Waals surface area contributed by atoms with Gasteiger partial charge in [0.25, 0.3) is 0 Å². The molecular weight excluding hydrogens is 335 g/mol. The van der Waals surface area contributed by atoms with E-state index in [2.05, 4.69) is 22.5 Å². The van der Waals surface area contributed by atoms with Gasteiger partial charge < -0.3 is 15.2 Å². The number of halogens is 2. The third-order valence-corrected chi connectivity index (χ3v) is 4.29. The molecule has 124 valence electrons. The van der Waals surface area contributed by atoms with Crippen molar-refractivity contribution in [2.24, 2.45) is 5.92 Å². The minimum absolute atomic E-state index is 0. The third kappa shape index (κ3) is 4.25. The van der Waals surface area contributed by atoms with Crippen molar-refractivity contribution in [3.05, 3.63) is 41.9 Å². The standard InChI is InChI=1S/C16H19ClN4O.ClH/c1-11-8-12(4-5-19-11)16(22)20-13-2-3-15(14(17)9-13)21-7-6-18-10-21;/h2-3,6-7,9-12,19H,4-5,8H2,1H3,(H,20,22);1H/t11-,12-;/m0./s1. The molecule has 2 aromatic rings. The molecule has 0 saturated carbocycles. The van der Waals surface area contributed by atoms with Crippen molar-refractivity contribution in [2.75, 3.05) is 11.9 Å². The number of nitrogens with zero attached hydrogens (tertiary/aromatic N) is 2. The monoisotopic (exact) mass is 354 g/mol. The molecular formula is C16H20Cl2N4O. The first kappa shape index (κ1) is 17.8. The summed E-state index contributed by atoms with van der Waals surface area (Å²) in [5, 5.41) is 6.90. The van der Waals surface area contributed by atoms with E-state index in [1.807, 2.05) is 22.9 Å². The van der Waals surface area contributed by atoms with Crippen molar-refractivity contribution in [3.8, 4) is 5.69 Å². The molecule has 1 saturated heterocycles. The Morgan fingerprint density at radius 2 is 2.30 bits per heavy atom. The quantitative estimate of drug-likeness (QED) is 0.889. The zero-order chi connectivity index (χ0) is 15.5. The smallest absolute Gasteiger partial charge is 0.227 e. The van der Waals surface area contributed by atoms with Gasteiger partial charge in [-0.15, -0.1) is 12.4 Å². The molecule has 1 amide bonds. The van der Waals surface area contributed by atoms with Gasteiger partial charge in [-0.05, 0) is 44.5 Å². The van der Waals surface area contributed by atoms with E-state index in [1.165, 1.54) is 0 Å². The average molecular weight is 355 g/mol. The number of hydrogen-bond donors (Lipinski definition) is 2. The fraction of sp³-hybridized carbons (Fsp3) is 0.375. The summed E-state index contributed by atoms with van der Waals surface area (Å²) in [7, 11) is 0. The molecule has 1 aromatic carbocycles. The Morgan fingerprint density at radius 1 is 1.48 bits per heavy atom. The van der Waals surface area contributed by atoms with Crippen LogP contribution in [0, 0.1) is 5.92 Å². The molecule has 5 nitrogen and oxygen atoms in total. The van der Waals surface area contributed by atoms with Gasteiger partial charge in [-0.2, -0.15) is 0 Å². The molecule has 1 fully saturated rings. The van der Waals surface area contributed by atoms with Gasteiger partial charge in [-0.25, -0.2) is 4.98 Å². The maximum absolute atomic E-state index is 12.3. The van der Waals surface area contributed by atoms with Gasteiger partial charge >= 0.3 is 0 Å². The van der Waals surface area contributed by atoms with Crippen LogP contribution in [0.4, 0.5) is 5.69 Å². The van der Waals surface area contributed by atoms with Crippen molar-refractivity contribution >= 4 is 35.6 Å². The lowest BCUT2D eigenvalue weighted by molar-refractivity contribution is -0.120. The number of aromatic nitrogens is 2. The van der Waals surface area contributed by atoms with Gasteiger partial charge in [0.2, 0.25) is 5.91 Å². The lowest BCUT2D eigenvalue weighted by atomic mass is 9.92. The number of anilines is 1. The number of carbonyl (C=O) groups is 1. The fourth-order valence-corrected chi connectivity index (χ4v) is 3.09. The van der Waals surface area contributed by atoms with Gasteiger partial charge in [0.05, 0.1) is 17.0 Å². The highest BCUT2D eigenvalue weighted by Gasteiger charge is 2.24. The van der Waals surface area contributed by atoms with Gasteiger partial charge in [0.15, 0.2) is 0 Å². The number of benzene rings is 1. The first-order chi connectivity index (χ1) is 10.6. The maximum atomic E-state index is 12.3. The fourth-order valence-electron chi connectivity index (χ4n) is 2.81. The molecule has 2 N–H and O–H groups in total. The number of nitrogens with one attached hydrogen (secondary N) is 2. The largest absolute Gasteiger partial charge is 0.326 e. The van der Waals surface area contributed by atoms with Crippen LogP contribution in [0.3, 0.4) is 0 Å². The Hall–Kier alpha value is -1.56. The molecule has 0 radical (unpaired) electrons. The van der Waals surface area contributed by atoms with Crippen LogP contribution in [0.25, 0.3) is 5.69 Å². The number of rotatable bonds is 3. The lowest BCUT2D eigenvalue weighted by Crippen LogP contribution is -2.40. The van der Waals surface area contributed by atoms with Gasteiger partial charge in [-0.1, -0.05) is 11.6 Å². The number of piperidine rings is 1. The van der Waals surface area contributed by atoms with Crippen LogP contribution in [0.2, 0.25) is 5.02 Å². The molecule has 23 heavy (non-hydrogen) atoms. The second-order valence-corrected chi connectivity index (χ2v) is 6.11. The summed E-state index contributed by atoms with van der Waals surface area (Å²) in [4.78, 5) is 16.3. The van der Waals surface area contributed by atoms with Crippen LogP contribution < -0.4 is 10.6 Å². The van der Waals surface area contributed by atoms with E-state index in [1.54, 1.807) is 18.6 Å². The minimum Gasteiger partial charge on any atom is -0.326 e. The van der Waals surface area contributed by atoms with Crippen molar-refractivity contribution in [1.29, 1.82) is 0 Å². The summed E-state index contributed by atoms with van der Waals surface area (Å²) in [5.74, 6) is 0.128. The minimum atomic E-state index is 0. The van der Waals surface area contributed by atoms with Crippen molar-refractivity contribution in [3.63, 3.8) is 0 Å². The van der Waals surface area contributed by atoms with Crippen LogP contribution in [0.1, 0.15) is 19.8 Å². The summed E-state index contributed by atoms with van der Waals surface area (Å²) in [5.41, 5.74) is 1.57. The Morgan fingerprint density at radius 3 is 2.96 bits per heavy atom. The molecule has 0 unspecified atom stereocenters.